The third-order valence-electron chi connectivity index (χ3n) is 5.84. The number of hydrogen-bond donors (Lipinski definition) is 2. The van der Waals surface area contributed by atoms with Gasteiger partial charge in [-0.1, -0.05) is 24.3 Å². The lowest BCUT2D eigenvalue weighted by Gasteiger charge is -2.22. The smallest absolute Gasteiger partial charge is 0.273 e. The predicted octanol–water partition coefficient (Wildman–Crippen LogP) is 4.96. The topological polar surface area (TPSA) is 76.1 Å². The highest BCUT2D eigenvalue weighted by Gasteiger charge is 2.39. The van der Waals surface area contributed by atoms with E-state index in [0.717, 1.165) is 27.2 Å². The highest BCUT2D eigenvalue weighted by atomic mass is 32.1. The van der Waals surface area contributed by atoms with E-state index in [1.54, 1.807) is 29.7 Å². The predicted molar refractivity (Wildman–Crippen MR) is 114 cm³/mol. The number of carbonyl (C=O) groups is 1. The Hall–Kier alpha value is -2.93. The van der Waals surface area contributed by atoms with Gasteiger partial charge in [-0.25, -0.2) is 4.98 Å². The minimum Gasteiger partial charge on any atom is -0.457 e. The standard InChI is InChI=1S/C22H22N4O2S/c1-2-23-21(27)19-11-16(7-8-24-19)28-15-5-6-17-20(12-15)29-22(25-17)26-18-10-13-3-4-14(18)9-13/h2,5-8,11-14,18H,1,3-4,9-10H2,(H,23,27)(H,25,26)/t13-,14+,18?/m1/s1. The molecule has 2 aliphatic carbocycles. The van der Waals surface area contributed by atoms with E-state index in [2.05, 4.69) is 22.2 Å². The van der Waals surface area contributed by atoms with Crippen molar-refractivity contribution in [3.8, 4) is 11.5 Å². The Labute approximate surface area is 173 Å². The molecule has 7 heteroatoms. The molecule has 2 fully saturated rings. The van der Waals surface area contributed by atoms with E-state index in [4.69, 9.17) is 9.72 Å². The summed E-state index contributed by atoms with van der Waals surface area (Å²) < 4.78 is 7.03. The second-order valence-electron chi connectivity index (χ2n) is 7.73. The van der Waals surface area contributed by atoms with Crippen LogP contribution in [0.2, 0.25) is 0 Å². The lowest BCUT2D eigenvalue weighted by molar-refractivity contribution is 0.0965. The van der Waals surface area contributed by atoms with Crippen LogP contribution in [-0.2, 0) is 0 Å². The molecule has 3 aromatic rings. The molecule has 2 heterocycles. The second kappa shape index (κ2) is 7.48. The second-order valence-corrected chi connectivity index (χ2v) is 8.76. The largest absolute Gasteiger partial charge is 0.457 e. The SMILES string of the molecule is C=CNC(=O)c1cc(Oc2ccc3nc(NC4C[C@@H]5CC[C@H]4C5)sc3c2)ccn1. The zero-order valence-corrected chi connectivity index (χ0v) is 16.7. The van der Waals surface area contributed by atoms with Gasteiger partial charge in [0.15, 0.2) is 5.13 Å². The van der Waals surface area contributed by atoms with Gasteiger partial charge in [-0.3, -0.25) is 9.78 Å². The first-order valence-electron chi connectivity index (χ1n) is 9.91. The van der Waals surface area contributed by atoms with Crippen molar-refractivity contribution in [1.82, 2.24) is 15.3 Å². The van der Waals surface area contributed by atoms with E-state index >= 15 is 0 Å². The lowest BCUT2D eigenvalue weighted by atomic mass is 9.96. The number of nitrogens with zero attached hydrogens (tertiary/aromatic N) is 2. The van der Waals surface area contributed by atoms with Gasteiger partial charge < -0.3 is 15.4 Å². The fourth-order valence-corrected chi connectivity index (χ4v) is 5.47. The number of carbonyl (C=O) groups excluding carboxylic acids is 1. The van der Waals surface area contributed by atoms with Gasteiger partial charge in [0.1, 0.15) is 17.2 Å². The van der Waals surface area contributed by atoms with Crippen molar-refractivity contribution in [2.24, 2.45) is 11.8 Å². The van der Waals surface area contributed by atoms with Crippen LogP contribution in [0.1, 0.15) is 36.2 Å². The Morgan fingerprint density at radius 1 is 1.21 bits per heavy atom. The molecule has 2 N–H and O–H groups in total. The lowest BCUT2D eigenvalue weighted by Crippen LogP contribution is -2.25. The van der Waals surface area contributed by atoms with Crippen LogP contribution >= 0.6 is 11.3 Å². The molecule has 148 valence electrons. The molecule has 2 aliphatic rings. The van der Waals surface area contributed by atoms with Crippen molar-refractivity contribution in [3.05, 3.63) is 55.0 Å². The first-order chi connectivity index (χ1) is 14.2. The number of thiazole rings is 1. The van der Waals surface area contributed by atoms with Crippen LogP contribution < -0.4 is 15.4 Å². The van der Waals surface area contributed by atoms with Gasteiger partial charge >= 0.3 is 0 Å². The summed E-state index contributed by atoms with van der Waals surface area (Å²) in [6.45, 7) is 3.49. The number of nitrogens with one attached hydrogen (secondary N) is 2. The Bertz CT molecular complexity index is 1080. The maximum Gasteiger partial charge on any atom is 0.273 e. The average Bonchev–Trinajstić information content (AvgIpc) is 3.43. The number of amides is 1. The molecule has 5 rings (SSSR count). The number of rotatable bonds is 6. The van der Waals surface area contributed by atoms with Crippen LogP contribution in [0.5, 0.6) is 11.5 Å². The molecule has 0 aliphatic heterocycles. The first kappa shape index (κ1) is 18.1. The number of benzene rings is 1. The molecular formula is C22H22N4O2S. The van der Waals surface area contributed by atoms with Gasteiger partial charge in [0.25, 0.3) is 5.91 Å². The zero-order valence-electron chi connectivity index (χ0n) is 15.9. The summed E-state index contributed by atoms with van der Waals surface area (Å²) in [6, 6.07) is 9.76. The minimum absolute atomic E-state index is 0.276. The monoisotopic (exact) mass is 406 g/mol. The summed E-state index contributed by atoms with van der Waals surface area (Å²) in [7, 11) is 0. The van der Waals surface area contributed by atoms with Crippen LogP contribution in [-0.4, -0.2) is 21.9 Å². The Balaban J connectivity index is 1.32. The van der Waals surface area contributed by atoms with Gasteiger partial charge in [-0.15, -0.1) is 0 Å². The van der Waals surface area contributed by atoms with Crippen LogP contribution in [0.15, 0.2) is 49.3 Å². The van der Waals surface area contributed by atoms with E-state index in [9.17, 15) is 4.79 Å². The third-order valence-corrected chi connectivity index (χ3v) is 6.79. The summed E-state index contributed by atoms with van der Waals surface area (Å²) in [5.41, 5.74) is 1.24. The molecule has 29 heavy (non-hydrogen) atoms. The van der Waals surface area contributed by atoms with Crippen molar-refractivity contribution >= 4 is 32.6 Å². The van der Waals surface area contributed by atoms with E-state index in [-0.39, 0.29) is 11.6 Å². The normalized spacial score (nSPS) is 22.6. The number of fused-ring (bicyclic) bond motifs is 3. The van der Waals surface area contributed by atoms with Crippen molar-refractivity contribution < 1.29 is 9.53 Å². The third kappa shape index (κ3) is 3.70. The molecule has 1 aromatic carbocycles. The molecule has 6 nitrogen and oxygen atoms in total. The molecule has 0 saturated heterocycles. The first-order valence-corrected chi connectivity index (χ1v) is 10.7. The molecule has 1 unspecified atom stereocenters. The van der Waals surface area contributed by atoms with Crippen molar-refractivity contribution in [3.63, 3.8) is 0 Å². The highest BCUT2D eigenvalue weighted by molar-refractivity contribution is 7.22. The fraction of sp³-hybridized carbons (Fsp3) is 0.318. The summed E-state index contributed by atoms with van der Waals surface area (Å²) in [4.78, 5) is 20.7. The zero-order chi connectivity index (χ0) is 19.8. The van der Waals surface area contributed by atoms with Crippen LogP contribution in [0.3, 0.4) is 0 Å². The van der Waals surface area contributed by atoms with Crippen molar-refractivity contribution in [2.75, 3.05) is 5.32 Å². The number of anilines is 1. The van der Waals surface area contributed by atoms with Gasteiger partial charge in [0, 0.05) is 24.4 Å². The van der Waals surface area contributed by atoms with Gasteiger partial charge in [0.2, 0.25) is 0 Å². The van der Waals surface area contributed by atoms with Crippen LogP contribution in [0, 0.1) is 11.8 Å². The van der Waals surface area contributed by atoms with Gasteiger partial charge in [0.05, 0.1) is 10.2 Å². The molecule has 2 bridgehead atoms. The molecular weight excluding hydrogens is 384 g/mol. The maximum atomic E-state index is 11.9. The van der Waals surface area contributed by atoms with Crippen LogP contribution in [0.25, 0.3) is 10.2 Å². The van der Waals surface area contributed by atoms with Crippen molar-refractivity contribution in [1.29, 1.82) is 0 Å². The van der Waals surface area contributed by atoms with Gasteiger partial charge in [-0.2, -0.15) is 0 Å². The summed E-state index contributed by atoms with van der Waals surface area (Å²) in [5, 5.41) is 7.17. The average molecular weight is 407 g/mol. The summed E-state index contributed by atoms with van der Waals surface area (Å²) in [6.07, 6.45) is 8.28. The molecule has 3 atom stereocenters. The Morgan fingerprint density at radius 2 is 2.10 bits per heavy atom. The Kier molecular flexibility index (Phi) is 4.67. The molecule has 2 saturated carbocycles. The number of aromatic nitrogens is 2. The fourth-order valence-electron chi connectivity index (χ4n) is 4.51. The van der Waals surface area contributed by atoms with E-state index < -0.39 is 0 Å². The van der Waals surface area contributed by atoms with E-state index in [1.807, 2.05) is 18.2 Å². The number of ether oxygens (including phenoxy) is 1. The van der Waals surface area contributed by atoms with Crippen molar-refractivity contribution in [2.45, 2.75) is 31.7 Å². The molecule has 2 aromatic heterocycles. The molecule has 0 spiro atoms. The van der Waals surface area contributed by atoms with Crippen LogP contribution in [0.4, 0.5) is 5.13 Å². The van der Waals surface area contributed by atoms with Gasteiger partial charge in [-0.05, 0) is 55.5 Å². The number of pyridine rings is 1. The Morgan fingerprint density at radius 3 is 2.90 bits per heavy atom. The van der Waals surface area contributed by atoms with E-state index in [0.29, 0.717) is 17.5 Å². The summed E-state index contributed by atoms with van der Waals surface area (Å²) >= 11 is 1.66. The molecule has 1 amide bonds. The quantitative estimate of drug-likeness (QED) is 0.605. The molecule has 0 radical (unpaired) electrons. The number of hydrogen-bond acceptors (Lipinski definition) is 6. The maximum absolute atomic E-state index is 11.9. The minimum atomic E-state index is -0.320. The highest BCUT2D eigenvalue weighted by Crippen LogP contribution is 2.46. The van der Waals surface area contributed by atoms with E-state index in [1.165, 1.54) is 31.9 Å². The summed E-state index contributed by atoms with van der Waals surface area (Å²) in [5.74, 6) is 2.66.